The number of hydrogen-bond donors (Lipinski definition) is 1. The Kier molecular flexibility index (Phi) is 5.25. The van der Waals surface area contributed by atoms with Crippen LogP contribution in [0.4, 0.5) is 0 Å². The molecule has 0 amide bonds. The summed E-state index contributed by atoms with van der Waals surface area (Å²) in [5.41, 5.74) is 2.34. The molecule has 0 bridgehead atoms. The smallest absolute Gasteiger partial charge is 0.243 e. The maximum absolute atomic E-state index is 12.6. The van der Waals surface area contributed by atoms with E-state index in [4.69, 9.17) is 0 Å². The van der Waals surface area contributed by atoms with Crippen LogP contribution in [0.25, 0.3) is 10.8 Å². The van der Waals surface area contributed by atoms with Gasteiger partial charge in [0, 0.05) is 26.2 Å². The van der Waals surface area contributed by atoms with Gasteiger partial charge in [-0.3, -0.25) is 0 Å². The van der Waals surface area contributed by atoms with E-state index in [1.807, 2.05) is 12.1 Å². The second kappa shape index (κ2) is 7.80. The second-order valence-electron chi connectivity index (χ2n) is 7.00. The van der Waals surface area contributed by atoms with Gasteiger partial charge in [0.2, 0.25) is 10.0 Å². The molecule has 0 radical (unpaired) electrons. The second-order valence-corrected chi connectivity index (χ2v) is 8.93. The lowest BCUT2D eigenvalue weighted by atomic mass is 10.0. The zero-order chi connectivity index (χ0) is 18.7. The highest BCUT2D eigenvalue weighted by Gasteiger charge is 2.26. The Hall–Kier alpha value is -2.21. The molecule has 3 aromatic carbocycles. The van der Waals surface area contributed by atoms with Gasteiger partial charge in [0.25, 0.3) is 0 Å². The van der Waals surface area contributed by atoms with Gasteiger partial charge in [-0.1, -0.05) is 54.6 Å². The fourth-order valence-corrected chi connectivity index (χ4v) is 5.16. The molecule has 0 atom stereocenters. The maximum atomic E-state index is 12.6. The average molecular weight is 381 g/mol. The molecule has 27 heavy (non-hydrogen) atoms. The summed E-state index contributed by atoms with van der Waals surface area (Å²) in [7, 11) is -3.33. The van der Waals surface area contributed by atoms with Crippen LogP contribution in [0, 0.1) is 0 Å². The first-order valence-electron chi connectivity index (χ1n) is 9.41. The van der Waals surface area contributed by atoms with Crippen LogP contribution in [0.5, 0.6) is 0 Å². The first-order chi connectivity index (χ1) is 13.1. The van der Waals surface area contributed by atoms with Crippen molar-refractivity contribution in [2.75, 3.05) is 13.1 Å². The Labute approximate surface area is 160 Å². The van der Waals surface area contributed by atoms with Crippen molar-refractivity contribution >= 4 is 20.8 Å². The van der Waals surface area contributed by atoms with E-state index in [1.54, 1.807) is 16.4 Å². The molecule has 0 saturated carbocycles. The third kappa shape index (κ3) is 3.90. The molecule has 1 saturated heterocycles. The van der Waals surface area contributed by atoms with Gasteiger partial charge in [-0.15, -0.1) is 0 Å². The lowest BCUT2D eigenvalue weighted by Crippen LogP contribution is -2.27. The summed E-state index contributed by atoms with van der Waals surface area (Å²) < 4.78 is 26.7. The summed E-state index contributed by atoms with van der Waals surface area (Å²) in [6.45, 7) is 2.75. The Morgan fingerprint density at radius 1 is 0.815 bits per heavy atom. The van der Waals surface area contributed by atoms with Crippen molar-refractivity contribution in [3.8, 4) is 0 Å². The minimum atomic E-state index is -3.33. The van der Waals surface area contributed by atoms with E-state index >= 15 is 0 Å². The molecule has 3 aromatic rings. The van der Waals surface area contributed by atoms with Crippen molar-refractivity contribution in [3.05, 3.63) is 77.9 Å². The zero-order valence-corrected chi connectivity index (χ0v) is 16.1. The van der Waals surface area contributed by atoms with E-state index in [9.17, 15) is 8.42 Å². The quantitative estimate of drug-likeness (QED) is 0.705. The minimum absolute atomic E-state index is 0.391. The third-order valence-corrected chi connectivity index (χ3v) is 7.06. The van der Waals surface area contributed by atoms with E-state index < -0.39 is 10.0 Å². The third-order valence-electron chi connectivity index (χ3n) is 5.15. The zero-order valence-electron chi connectivity index (χ0n) is 15.3. The van der Waals surface area contributed by atoms with Crippen LogP contribution in [0.2, 0.25) is 0 Å². The van der Waals surface area contributed by atoms with Crippen molar-refractivity contribution in [2.24, 2.45) is 0 Å². The van der Waals surface area contributed by atoms with Crippen molar-refractivity contribution in [1.82, 2.24) is 9.62 Å². The van der Waals surface area contributed by atoms with E-state index in [0.29, 0.717) is 24.5 Å². The number of nitrogens with one attached hydrogen (secondary N) is 1. The molecular weight excluding hydrogens is 356 g/mol. The fourth-order valence-electron chi connectivity index (χ4n) is 3.64. The van der Waals surface area contributed by atoms with Crippen LogP contribution < -0.4 is 5.32 Å². The average Bonchev–Trinajstić information content (AvgIpc) is 3.24. The standard InChI is InChI=1S/C22H24N2O2S/c25-27(26,24-14-3-4-15-24)21-12-10-18(11-13-21)16-23-17-20-8-5-7-19-6-1-2-9-22(19)20/h1-2,5-13,23H,3-4,14-17H2. The molecule has 140 valence electrons. The molecule has 5 heteroatoms. The number of sulfonamides is 1. The Bertz CT molecular complexity index is 1020. The summed E-state index contributed by atoms with van der Waals surface area (Å²) >= 11 is 0. The lowest BCUT2D eigenvalue weighted by molar-refractivity contribution is 0.477. The molecule has 1 N–H and O–H groups in total. The lowest BCUT2D eigenvalue weighted by Gasteiger charge is -2.15. The van der Waals surface area contributed by atoms with Gasteiger partial charge in [-0.2, -0.15) is 4.31 Å². The van der Waals surface area contributed by atoms with Gasteiger partial charge in [-0.05, 0) is 46.9 Å². The largest absolute Gasteiger partial charge is 0.309 e. The number of hydrogen-bond acceptors (Lipinski definition) is 3. The summed E-state index contributed by atoms with van der Waals surface area (Å²) in [5.74, 6) is 0. The predicted molar refractivity (Wildman–Crippen MR) is 109 cm³/mol. The fraction of sp³-hybridized carbons (Fsp3) is 0.273. The van der Waals surface area contributed by atoms with Gasteiger partial charge in [0.15, 0.2) is 0 Å². The van der Waals surface area contributed by atoms with Gasteiger partial charge < -0.3 is 5.32 Å². The van der Waals surface area contributed by atoms with Crippen LogP contribution in [-0.2, 0) is 23.1 Å². The number of nitrogens with zero attached hydrogens (tertiary/aromatic N) is 1. The molecular formula is C22H24N2O2S. The molecule has 0 unspecified atom stereocenters. The van der Waals surface area contributed by atoms with Crippen LogP contribution >= 0.6 is 0 Å². The van der Waals surface area contributed by atoms with Crippen LogP contribution in [0.3, 0.4) is 0 Å². The van der Waals surface area contributed by atoms with Gasteiger partial charge in [-0.25, -0.2) is 8.42 Å². The van der Waals surface area contributed by atoms with Crippen LogP contribution in [-0.4, -0.2) is 25.8 Å². The first kappa shape index (κ1) is 18.2. The van der Waals surface area contributed by atoms with Gasteiger partial charge >= 0.3 is 0 Å². The molecule has 1 aliphatic heterocycles. The Morgan fingerprint density at radius 3 is 2.30 bits per heavy atom. The summed E-state index contributed by atoms with van der Waals surface area (Å²) in [4.78, 5) is 0.391. The van der Waals surface area contributed by atoms with E-state index in [0.717, 1.165) is 24.9 Å². The highest BCUT2D eigenvalue weighted by atomic mass is 32.2. The Balaban J connectivity index is 1.40. The summed E-state index contributed by atoms with van der Waals surface area (Å²) in [6.07, 6.45) is 1.91. The molecule has 0 aromatic heterocycles. The van der Waals surface area contributed by atoms with Crippen molar-refractivity contribution in [1.29, 1.82) is 0 Å². The number of rotatable bonds is 6. The number of benzene rings is 3. The minimum Gasteiger partial charge on any atom is -0.309 e. The van der Waals surface area contributed by atoms with Crippen molar-refractivity contribution < 1.29 is 8.42 Å². The molecule has 1 aliphatic rings. The van der Waals surface area contributed by atoms with Crippen LogP contribution in [0.15, 0.2) is 71.6 Å². The monoisotopic (exact) mass is 380 g/mol. The normalized spacial score (nSPS) is 15.4. The number of fused-ring (bicyclic) bond motifs is 1. The summed E-state index contributed by atoms with van der Waals surface area (Å²) in [6, 6.07) is 22.0. The van der Waals surface area contributed by atoms with Gasteiger partial charge in [0.1, 0.15) is 0 Å². The van der Waals surface area contributed by atoms with E-state index in [2.05, 4.69) is 47.8 Å². The molecule has 1 fully saturated rings. The molecule has 0 aliphatic carbocycles. The molecule has 0 spiro atoms. The predicted octanol–water partition coefficient (Wildman–Crippen LogP) is 3.91. The highest BCUT2D eigenvalue weighted by molar-refractivity contribution is 7.89. The van der Waals surface area contributed by atoms with Gasteiger partial charge in [0.05, 0.1) is 4.90 Å². The first-order valence-corrected chi connectivity index (χ1v) is 10.8. The SMILES string of the molecule is O=S(=O)(c1ccc(CNCc2cccc3ccccc23)cc1)N1CCCC1. The van der Waals surface area contributed by atoms with E-state index in [-0.39, 0.29) is 0 Å². The Morgan fingerprint density at radius 2 is 1.52 bits per heavy atom. The summed E-state index contributed by atoms with van der Waals surface area (Å²) in [5, 5.41) is 5.97. The maximum Gasteiger partial charge on any atom is 0.243 e. The van der Waals surface area contributed by atoms with E-state index in [1.165, 1.54) is 16.3 Å². The molecule has 4 nitrogen and oxygen atoms in total. The molecule has 1 heterocycles. The molecule has 4 rings (SSSR count). The van der Waals surface area contributed by atoms with Crippen molar-refractivity contribution in [2.45, 2.75) is 30.8 Å². The van der Waals surface area contributed by atoms with Crippen molar-refractivity contribution in [3.63, 3.8) is 0 Å². The van der Waals surface area contributed by atoms with Crippen LogP contribution in [0.1, 0.15) is 24.0 Å². The topological polar surface area (TPSA) is 49.4 Å². The highest BCUT2D eigenvalue weighted by Crippen LogP contribution is 2.21.